The summed E-state index contributed by atoms with van der Waals surface area (Å²) in [7, 11) is 0. The van der Waals surface area contributed by atoms with E-state index in [0.717, 1.165) is 12.1 Å². The fourth-order valence-electron chi connectivity index (χ4n) is 2.22. The molecule has 8 heteroatoms. The van der Waals surface area contributed by atoms with Crippen molar-refractivity contribution in [2.75, 3.05) is 13.1 Å². The molecule has 0 unspecified atom stereocenters. The summed E-state index contributed by atoms with van der Waals surface area (Å²) in [5, 5.41) is 2.95. The number of amides is 1. The van der Waals surface area contributed by atoms with Crippen molar-refractivity contribution in [2.24, 2.45) is 0 Å². The summed E-state index contributed by atoms with van der Waals surface area (Å²) >= 11 is 0. The van der Waals surface area contributed by atoms with Crippen molar-refractivity contribution in [3.63, 3.8) is 0 Å². The number of likely N-dealkylation sites (tertiary alicyclic amines) is 1. The number of hydrogen-bond donors (Lipinski definition) is 1. The molecule has 134 valence electrons. The molecule has 4 nitrogen and oxygen atoms in total. The fourth-order valence-corrected chi connectivity index (χ4v) is 2.22. The molecule has 1 fully saturated rings. The van der Waals surface area contributed by atoms with Crippen LogP contribution < -0.4 is 5.32 Å². The molecule has 1 N–H and O–H groups in total. The molecule has 1 aliphatic heterocycles. The van der Waals surface area contributed by atoms with Crippen LogP contribution in [0.3, 0.4) is 0 Å². The molecule has 0 atom stereocenters. The second-order valence-electron chi connectivity index (χ2n) is 6.77. The van der Waals surface area contributed by atoms with Crippen molar-refractivity contribution in [3.05, 3.63) is 35.1 Å². The van der Waals surface area contributed by atoms with Gasteiger partial charge in [0.05, 0.1) is 5.56 Å². The summed E-state index contributed by atoms with van der Waals surface area (Å²) < 4.78 is 56.8. The average Bonchev–Trinajstić information content (AvgIpc) is 2.35. The number of carbonyl (C=O) groups is 1. The number of benzene rings is 1. The van der Waals surface area contributed by atoms with Crippen LogP contribution in [0.25, 0.3) is 0 Å². The van der Waals surface area contributed by atoms with E-state index in [-0.39, 0.29) is 18.2 Å². The summed E-state index contributed by atoms with van der Waals surface area (Å²) in [5.74, 6) is -0.696. The van der Waals surface area contributed by atoms with Crippen LogP contribution >= 0.6 is 0 Å². The van der Waals surface area contributed by atoms with Crippen LogP contribution in [0.5, 0.6) is 0 Å². The van der Waals surface area contributed by atoms with Crippen molar-refractivity contribution in [3.8, 4) is 0 Å². The number of carbonyl (C=O) groups excluding carboxylic acids is 1. The van der Waals surface area contributed by atoms with E-state index < -0.39 is 29.3 Å². The first-order valence-corrected chi connectivity index (χ1v) is 7.52. The Labute approximate surface area is 137 Å². The van der Waals surface area contributed by atoms with Crippen LogP contribution in [0.2, 0.25) is 0 Å². The van der Waals surface area contributed by atoms with Crippen LogP contribution in [0.1, 0.15) is 31.9 Å². The molecule has 1 saturated heterocycles. The molecule has 0 spiro atoms. The highest BCUT2D eigenvalue weighted by atomic mass is 19.4. The molecule has 0 saturated carbocycles. The van der Waals surface area contributed by atoms with Gasteiger partial charge in [-0.05, 0) is 39.0 Å². The zero-order chi connectivity index (χ0) is 18.1. The quantitative estimate of drug-likeness (QED) is 0.850. The number of ether oxygens (including phenoxy) is 1. The van der Waals surface area contributed by atoms with E-state index in [9.17, 15) is 22.4 Å². The lowest BCUT2D eigenvalue weighted by Crippen LogP contribution is -2.60. The van der Waals surface area contributed by atoms with E-state index in [1.54, 1.807) is 20.8 Å². The van der Waals surface area contributed by atoms with E-state index in [2.05, 4.69) is 5.32 Å². The maximum absolute atomic E-state index is 13.6. The largest absolute Gasteiger partial charge is 0.444 e. The van der Waals surface area contributed by atoms with Gasteiger partial charge < -0.3 is 15.0 Å². The predicted molar refractivity (Wildman–Crippen MR) is 79.8 cm³/mol. The molecule has 1 aromatic rings. The van der Waals surface area contributed by atoms with Crippen LogP contribution in [-0.4, -0.2) is 35.7 Å². The third kappa shape index (κ3) is 4.83. The van der Waals surface area contributed by atoms with Gasteiger partial charge in [-0.15, -0.1) is 0 Å². The maximum Gasteiger partial charge on any atom is 0.416 e. The number of alkyl halides is 3. The molecule has 2 rings (SSSR count). The van der Waals surface area contributed by atoms with E-state index in [4.69, 9.17) is 4.74 Å². The van der Waals surface area contributed by atoms with E-state index in [0.29, 0.717) is 19.2 Å². The van der Waals surface area contributed by atoms with Crippen molar-refractivity contribution in [1.82, 2.24) is 10.2 Å². The molecular weight excluding hydrogens is 328 g/mol. The smallest absolute Gasteiger partial charge is 0.416 e. The maximum atomic E-state index is 13.6. The Kier molecular flexibility index (Phi) is 5.08. The molecule has 0 radical (unpaired) electrons. The third-order valence-corrected chi connectivity index (χ3v) is 3.49. The molecule has 1 amide bonds. The minimum atomic E-state index is -4.51. The van der Waals surface area contributed by atoms with Gasteiger partial charge in [-0.2, -0.15) is 13.2 Å². The van der Waals surface area contributed by atoms with E-state index in [1.807, 2.05) is 0 Å². The molecule has 24 heavy (non-hydrogen) atoms. The van der Waals surface area contributed by atoms with Crippen molar-refractivity contribution in [2.45, 2.75) is 45.1 Å². The van der Waals surface area contributed by atoms with Crippen LogP contribution in [0.15, 0.2) is 18.2 Å². The van der Waals surface area contributed by atoms with Crippen LogP contribution in [0.4, 0.5) is 22.4 Å². The molecule has 0 bridgehead atoms. The standard InChI is InChI=1S/C16H20F4N2O2/c1-15(2,3)24-14(23)22-8-12(9-22)21-7-10-6-11(16(18,19)20)4-5-13(10)17/h4-6,12,21H,7-9H2,1-3H3. The normalized spacial score (nSPS) is 16.0. The zero-order valence-electron chi connectivity index (χ0n) is 13.7. The molecule has 1 heterocycles. The lowest BCUT2D eigenvalue weighted by atomic mass is 10.1. The van der Waals surface area contributed by atoms with Crippen molar-refractivity contribution >= 4 is 6.09 Å². The Hall–Kier alpha value is -1.83. The Bertz CT molecular complexity index is 605. The second-order valence-corrected chi connectivity index (χ2v) is 6.77. The van der Waals surface area contributed by atoms with Crippen molar-refractivity contribution in [1.29, 1.82) is 0 Å². The monoisotopic (exact) mass is 348 g/mol. The summed E-state index contributed by atoms with van der Waals surface area (Å²) in [6.45, 7) is 5.98. The van der Waals surface area contributed by atoms with E-state index >= 15 is 0 Å². The first-order valence-electron chi connectivity index (χ1n) is 7.52. The highest BCUT2D eigenvalue weighted by molar-refractivity contribution is 5.69. The Morgan fingerprint density at radius 1 is 1.29 bits per heavy atom. The van der Waals surface area contributed by atoms with Crippen LogP contribution in [0, 0.1) is 5.82 Å². The van der Waals surface area contributed by atoms with Crippen LogP contribution in [-0.2, 0) is 17.5 Å². The first-order chi connectivity index (χ1) is 11.0. The number of hydrogen-bond acceptors (Lipinski definition) is 3. The number of nitrogens with zero attached hydrogens (tertiary/aromatic N) is 1. The SMILES string of the molecule is CC(C)(C)OC(=O)N1CC(NCc2cc(C(F)(F)F)ccc2F)C1. The molecule has 0 aliphatic carbocycles. The van der Waals surface area contributed by atoms with Gasteiger partial charge in [0.25, 0.3) is 0 Å². The second kappa shape index (κ2) is 6.58. The Morgan fingerprint density at radius 2 is 1.92 bits per heavy atom. The third-order valence-electron chi connectivity index (χ3n) is 3.49. The van der Waals surface area contributed by atoms with Gasteiger partial charge in [0.2, 0.25) is 0 Å². The Balaban J connectivity index is 1.85. The summed E-state index contributed by atoms with van der Waals surface area (Å²) in [6.07, 6.45) is -4.95. The summed E-state index contributed by atoms with van der Waals surface area (Å²) in [4.78, 5) is 13.2. The molecule has 1 aromatic carbocycles. The van der Waals surface area contributed by atoms with Crippen molar-refractivity contribution < 1.29 is 27.1 Å². The van der Waals surface area contributed by atoms with E-state index in [1.165, 1.54) is 4.90 Å². The minimum Gasteiger partial charge on any atom is -0.444 e. The predicted octanol–water partition coefficient (Wildman–Crippen LogP) is 3.55. The van der Waals surface area contributed by atoms with Gasteiger partial charge in [-0.1, -0.05) is 0 Å². The highest BCUT2D eigenvalue weighted by Crippen LogP contribution is 2.30. The number of rotatable bonds is 3. The molecule has 1 aliphatic rings. The highest BCUT2D eigenvalue weighted by Gasteiger charge is 2.34. The number of halogens is 4. The fraction of sp³-hybridized carbons (Fsp3) is 0.562. The van der Waals surface area contributed by atoms with Gasteiger partial charge in [0, 0.05) is 31.2 Å². The lowest BCUT2D eigenvalue weighted by Gasteiger charge is -2.40. The Morgan fingerprint density at radius 3 is 2.46 bits per heavy atom. The zero-order valence-corrected chi connectivity index (χ0v) is 13.7. The van der Waals surface area contributed by atoms with Gasteiger partial charge in [-0.25, -0.2) is 9.18 Å². The first kappa shape index (κ1) is 18.5. The van der Waals surface area contributed by atoms with Gasteiger partial charge >= 0.3 is 12.3 Å². The average molecular weight is 348 g/mol. The molecule has 0 aromatic heterocycles. The molecular formula is C16H20F4N2O2. The topological polar surface area (TPSA) is 41.6 Å². The van der Waals surface area contributed by atoms with Gasteiger partial charge in [0.1, 0.15) is 11.4 Å². The lowest BCUT2D eigenvalue weighted by molar-refractivity contribution is -0.137. The summed E-state index contributed by atoms with van der Waals surface area (Å²) in [6, 6.07) is 2.22. The number of nitrogens with one attached hydrogen (secondary N) is 1. The van der Waals surface area contributed by atoms with Gasteiger partial charge in [-0.3, -0.25) is 0 Å². The summed E-state index contributed by atoms with van der Waals surface area (Å²) in [5.41, 5.74) is -1.53. The van der Waals surface area contributed by atoms with Gasteiger partial charge in [0.15, 0.2) is 0 Å². The minimum absolute atomic E-state index is 0.0391.